The molecule has 244 valence electrons. The van der Waals surface area contributed by atoms with Crippen molar-refractivity contribution in [2.75, 3.05) is 6.61 Å². The van der Waals surface area contributed by atoms with Crippen molar-refractivity contribution in [3.63, 3.8) is 0 Å². The Kier molecular flexibility index (Phi) is 6.64. The maximum Gasteiger partial charge on any atom is 0.337 e. The number of carbonyl (C=O) groups is 5. The van der Waals surface area contributed by atoms with Gasteiger partial charge in [-0.1, -0.05) is 26.3 Å². The average Bonchev–Trinajstić information content (AvgIpc) is 3.77. The van der Waals surface area contributed by atoms with Gasteiger partial charge in [-0.05, 0) is 79.3 Å². The second-order valence-electron chi connectivity index (χ2n) is 15.1. The Labute approximate surface area is 263 Å². The van der Waals surface area contributed by atoms with Crippen LogP contribution in [0.3, 0.4) is 0 Å². The third-order valence-corrected chi connectivity index (χ3v) is 13.6. The number of hydrogen-bond donors (Lipinski definition) is 0. The number of ether oxygens (including phenoxy) is 5. The number of fused-ring (bicyclic) bond motifs is 2. The van der Waals surface area contributed by atoms with Crippen LogP contribution in [0.4, 0.5) is 0 Å². The molecule has 1 saturated heterocycles. The molecule has 13 atom stereocenters. The van der Waals surface area contributed by atoms with Crippen molar-refractivity contribution in [1.82, 2.24) is 0 Å². The zero-order valence-electron chi connectivity index (χ0n) is 27.2. The number of cyclic esters (lactones) is 1. The molecule has 5 aliphatic carbocycles. The Morgan fingerprint density at radius 1 is 1.04 bits per heavy atom. The van der Waals surface area contributed by atoms with E-state index in [9.17, 15) is 24.0 Å². The summed E-state index contributed by atoms with van der Waals surface area (Å²) >= 11 is 0. The second-order valence-corrected chi connectivity index (χ2v) is 15.1. The van der Waals surface area contributed by atoms with Crippen LogP contribution in [0.5, 0.6) is 0 Å². The summed E-state index contributed by atoms with van der Waals surface area (Å²) in [4.78, 5) is 63.1. The molecule has 13 unspecified atom stereocenters. The minimum Gasteiger partial charge on any atom is -0.462 e. The van der Waals surface area contributed by atoms with E-state index in [1.54, 1.807) is 12.2 Å². The van der Waals surface area contributed by atoms with Gasteiger partial charge >= 0.3 is 23.9 Å². The van der Waals surface area contributed by atoms with Crippen molar-refractivity contribution in [1.29, 1.82) is 0 Å². The highest BCUT2D eigenvalue weighted by Gasteiger charge is 2.98. The fraction of sp³-hybridized carbons (Fsp3) is 0.743. The lowest BCUT2D eigenvalue weighted by atomic mass is 9.48. The highest BCUT2D eigenvalue weighted by atomic mass is 16.7. The fourth-order valence-electron chi connectivity index (χ4n) is 12.0. The molecule has 0 radical (unpaired) electrons. The summed E-state index contributed by atoms with van der Waals surface area (Å²) in [6, 6.07) is 0. The number of allylic oxidation sites excluding steroid dienone is 1. The van der Waals surface area contributed by atoms with Gasteiger partial charge in [0.15, 0.2) is 11.9 Å². The van der Waals surface area contributed by atoms with Gasteiger partial charge in [-0.2, -0.15) is 0 Å². The zero-order chi connectivity index (χ0) is 32.4. The summed E-state index contributed by atoms with van der Waals surface area (Å²) in [5, 5.41) is 0. The Bertz CT molecular complexity index is 1460. The van der Waals surface area contributed by atoms with Crippen LogP contribution in [-0.4, -0.2) is 66.3 Å². The zero-order valence-corrected chi connectivity index (χ0v) is 27.2. The standard InChI is InChI=1S/C35H44O10/c1-16-12-25(44-31(40)22(16)15-41-19(4)36)17(2)23-13-26(42-20(5)37)30-24-14-29-35(45-29)28(43-21(6)38)9-8-27(39)34(35)18(3)33(24,34)11-10-32(23,30)7/h8-9,17-18,23-26,28-30H,10-15H2,1-7H3. The van der Waals surface area contributed by atoms with Gasteiger partial charge in [0.25, 0.3) is 0 Å². The Morgan fingerprint density at radius 2 is 1.76 bits per heavy atom. The third kappa shape index (κ3) is 3.75. The van der Waals surface area contributed by atoms with E-state index in [2.05, 4.69) is 20.8 Å². The summed E-state index contributed by atoms with van der Waals surface area (Å²) in [6.45, 7) is 12.5. The molecule has 10 nitrogen and oxygen atoms in total. The molecule has 0 bridgehead atoms. The summed E-state index contributed by atoms with van der Waals surface area (Å²) in [5.41, 5.74) is -0.934. The van der Waals surface area contributed by atoms with E-state index in [1.165, 1.54) is 20.8 Å². The van der Waals surface area contributed by atoms with E-state index < -0.39 is 35.0 Å². The van der Waals surface area contributed by atoms with E-state index in [1.807, 2.05) is 6.92 Å². The molecular formula is C35H44O10. The van der Waals surface area contributed by atoms with Crippen molar-refractivity contribution >= 4 is 29.7 Å². The molecule has 0 aromatic rings. The van der Waals surface area contributed by atoms with Gasteiger partial charge in [-0.3, -0.25) is 19.2 Å². The van der Waals surface area contributed by atoms with Crippen molar-refractivity contribution in [2.24, 2.45) is 45.8 Å². The molecule has 7 aliphatic rings. The predicted molar refractivity (Wildman–Crippen MR) is 157 cm³/mol. The molecule has 7 rings (SSSR count). The van der Waals surface area contributed by atoms with Crippen molar-refractivity contribution in [3.8, 4) is 0 Å². The van der Waals surface area contributed by atoms with Crippen LogP contribution in [0.25, 0.3) is 0 Å². The number of epoxide rings is 1. The van der Waals surface area contributed by atoms with Crippen LogP contribution in [0.1, 0.15) is 80.6 Å². The molecule has 0 aromatic carbocycles. The minimum absolute atomic E-state index is 0.00651. The first-order valence-corrected chi connectivity index (χ1v) is 16.4. The summed E-state index contributed by atoms with van der Waals surface area (Å²) < 4.78 is 29.6. The molecule has 0 amide bonds. The fourth-order valence-corrected chi connectivity index (χ4v) is 12.0. The number of carbonyl (C=O) groups excluding carboxylic acids is 5. The van der Waals surface area contributed by atoms with Gasteiger partial charge in [0.05, 0.1) is 17.1 Å². The summed E-state index contributed by atoms with van der Waals surface area (Å²) in [5.74, 6) is -1.41. The average molecular weight is 625 g/mol. The van der Waals surface area contributed by atoms with E-state index in [0.29, 0.717) is 24.8 Å². The first kappa shape index (κ1) is 30.6. The van der Waals surface area contributed by atoms with Gasteiger partial charge in [0, 0.05) is 33.1 Å². The van der Waals surface area contributed by atoms with Crippen molar-refractivity contribution in [3.05, 3.63) is 23.3 Å². The van der Waals surface area contributed by atoms with Crippen molar-refractivity contribution < 1.29 is 47.7 Å². The highest BCUT2D eigenvalue weighted by molar-refractivity contribution is 6.02. The molecule has 4 saturated carbocycles. The van der Waals surface area contributed by atoms with Crippen LogP contribution >= 0.6 is 0 Å². The monoisotopic (exact) mass is 624 g/mol. The molecule has 10 heteroatoms. The van der Waals surface area contributed by atoms with E-state index in [0.717, 1.165) is 18.4 Å². The smallest absolute Gasteiger partial charge is 0.337 e. The maximum absolute atomic E-state index is 14.0. The normalized spacial score (nSPS) is 47.6. The molecule has 5 fully saturated rings. The van der Waals surface area contributed by atoms with Gasteiger partial charge in [-0.25, -0.2) is 4.79 Å². The molecule has 2 aliphatic heterocycles. The van der Waals surface area contributed by atoms with Crippen molar-refractivity contribution in [2.45, 2.75) is 111 Å². The summed E-state index contributed by atoms with van der Waals surface area (Å²) in [7, 11) is 0. The lowest BCUT2D eigenvalue weighted by Crippen LogP contribution is -2.59. The lowest BCUT2D eigenvalue weighted by molar-refractivity contribution is -0.161. The quantitative estimate of drug-likeness (QED) is 0.242. The highest BCUT2D eigenvalue weighted by Crippen LogP contribution is 2.91. The Hall–Kier alpha value is -3.01. The van der Waals surface area contributed by atoms with Gasteiger partial charge < -0.3 is 23.7 Å². The largest absolute Gasteiger partial charge is 0.462 e. The van der Waals surface area contributed by atoms with Gasteiger partial charge in [-0.15, -0.1) is 0 Å². The topological polar surface area (TPSA) is 135 Å². The molecule has 3 spiro atoms. The first-order valence-electron chi connectivity index (χ1n) is 16.4. The lowest BCUT2D eigenvalue weighted by Gasteiger charge is -2.55. The van der Waals surface area contributed by atoms with Crippen LogP contribution < -0.4 is 0 Å². The molecule has 0 aromatic heterocycles. The van der Waals surface area contributed by atoms with Crippen LogP contribution in [0.15, 0.2) is 23.3 Å². The number of rotatable bonds is 6. The van der Waals surface area contributed by atoms with Gasteiger partial charge in [0.1, 0.15) is 24.4 Å². The van der Waals surface area contributed by atoms with E-state index in [-0.39, 0.29) is 77.1 Å². The second kappa shape index (κ2) is 9.75. The molecular weight excluding hydrogens is 580 g/mol. The van der Waals surface area contributed by atoms with Crippen LogP contribution in [0.2, 0.25) is 0 Å². The van der Waals surface area contributed by atoms with E-state index >= 15 is 0 Å². The molecule has 45 heavy (non-hydrogen) atoms. The minimum atomic E-state index is -0.833. The maximum atomic E-state index is 14.0. The molecule has 2 heterocycles. The van der Waals surface area contributed by atoms with Crippen LogP contribution in [0, 0.1) is 45.8 Å². The molecule has 0 N–H and O–H groups in total. The number of hydrogen-bond acceptors (Lipinski definition) is 10. The van der Waals surface area contributed by atoms with Gasteiger partial charge in [0.2, 0.25) is 0 Å². The first-order chi connectivity index (χ1) is 21.2. The van der Waals surface area contributed by atoms with E-state index in [4.69, 9.17) is 23.7 Å². The number of ketones is 1. The third-order valence-electron chi connectivity index (χ3n) is 13.6. The SMILES string of the molecule is CC(=O)OCC1=C(C)CC(C(C)C2CC(OC(C)=O)C3C4CC5OC56C(OC(C)=O)C=CC(=O)C65C(C)C45CCC23C)OC1=O. The van der Waals surface area contributed by atoms with Crippen LogP contribution in [-0.2, 0) is 47.7 Å². The Balaban J connectivity index is 1.22. The summed E-state index contributed by atoms with van der Waals surface area (Å²) in [6.07, 6.45) is 5.34. The Morgan fingerprint density at radius 3 is 2.40 bits per heavy atom. The number of esters is 4. The predicted octanol–water partition coefficient (Wildman–Crippen LogP) is 4.04.